The molecular formula is C22H25N3O2S. The second kappa shape index (κ2) is 8.39. The summed E-state index contributed by atoms with van der Waals surface area (Å²) in [5, 5.41) is 13.2. The van der Waals surface area contributed by atoms with E-state index in [-0.39, 0.29) is 12.5 Å². The summed E-state index contributed by atoms with van der Waals surface area (Å²) in [6.45, 7) is 4.48. The largest absolute Gasteiger partial charge is 0.396 e. The number of hydrogen-bond donors (Lipinski definition) is 2. The number of thiazole rings is 1. The molecule has 1 aliphatic heterocycles. The van der Waals surface area contributed by atoms with E-state index in [9.17, 15) is 9.90 Å². The summed E-state index contributed by atoms with van der Waals surface area (Å²) in [7, 11) is 0. The van der Waals surface area contributed by atoms with Gasteiger partial charge in [-0.1, -0.05) is 6.07 Å². The highest BCUT2D eigenvalue weighted by Crippen LogP contribution is 2.31. The Bertz CT molecular complexity index is 960. The van der Waals surface area contributed by atoms with Gasteiger partial charge in [0.25, 0.3) is 0 Å². The minimum Gasteiger partial charge on any atom is -0.396 e. The number of hydrogen-bond acceptors (Lipinski definition) is 5. The molecule has 1 aromatic heterocycles. The number of carbonyl (C=O) groups is 1. The van der Waals surface area contributed by atoms with Crippen LogP contribution in [0, 0.1) is 12.8 Å². The van der Waals surface area contributed by atoms with Crippen LogP contribution < -0.4 is 5.32 Å². The third-order valence-electron chi connectivity index (χ3n) is 5.29. The number of nitrogens with one attached hydrogen (secondary N) is 1. The monoisotopic (exact) mass is 395 g/mol. The van der Waals surface area contributed by atoms with Crippen LogP contribution in [0.4, 0.5) is 5.69 Å². The number of carbonyl (C=O) groups excluding carboxylic acids is 1. The van der Waals surface area contributed by atoms with Crippen LogP contribution in [0.15, 0.2) is 42.5 Å². The second-order valence-corrected chi connectivity index (χ2v) is 8.55. The van der Waals surface area contributed by atoms with Crippen molar-refractivity contribution < 1.29 is 9.90 Å². The van der Waals surface area contributed by atoms with Crippen molar-refractivity contribution in [3.05, 3.63) is 48.0 Å². The Labute approximate surface area is 169 Å². The van der Waals surface area contributed by atoms with Crippen molar-refractivity contribution in [2.75, 3.05) is 31.6 Å². The Morgan fingerprint density at radius 3 is 2.68 bits per heavy atom. The van der Waals surface area contributed by atoms with Gasteiger partial charge < -0.3 is 10.4 Å². The number of aliphatic hydroxyl groups is 1. The third kappa shape index (κ3) is 4.41. The van der Waals surface area contributed by atoms with Gasteiger partial charge in [0.15, 0.2) is 0 Å². The van der Waals surface area contributed by atoms with Gasteiger partial charge >= 0.3 is 0 Å². The van der Waals surface area contributed by atoms with Crippen LogP contribution in [0.2, 0.25) is 0 Å². The van der Waals surface area contributed by atoms with E-state index >= 15 is 0 Å². The van der Waals surface area contributed by atoms with Crippen LogP contribution in [0.5, 0.6) is 0 Å². The smallest absolute Gasteiger partial charge is 0.238 e. The molecule has 0 atom stereocenters. The molecule has 0 saturated carbocycles. The van der Waals surface area contributed by atoms with Crippen molar-refractivity contribution in [3.63, 3.8) is 0 Å². The number of aliphatic hydroxyl groups excluding tert-OH is 1. The van der Waals surface area contributed by atoms with Crippen molar-refractivity contribution in [1.29, 1.82) is 0 Å². The third-order valence-corrected chi connectivity index (χ3v) is 6.36. The maximum Gasteiger partial charge on any atom is 0.238 e. The number of amides is 1. The van der Waals surface area contributed by atoms with Crippen LogP contribution in [0.3, 0.4) is 0 Å². The fourth-order valence-electron chi connectivity index (χ4n) is 3.58. The maximum absolute atomic E-state index is 12.3. The van der Waals surface area contributed by atoms with Gasteiger partial charge in [-0.2, -0.15) is 0 Å². The molecule has 0 bridgehead atoms. The lowest BCUT2D eigenvalue weighted by molar-refractivity contribution is -0.117. The first-order valence-electron chi connectivity index (χ1n) is 9.71. The Balaban J connectivity index is 1.37. The molecule has 2 aromatic carbocycles. The summed E-state index contributed by atoms with van der Waals surface area (Å²) in [4.78, 5) is 19.2. The number of likely N-dealkylation sites (tertiary alicyclic amines) is 1. The van der Waals surface area contributed by atoms with Gasteiger partial charge in [-0.3, -0.25) is 9.69 Å². The molecule has 1 saturated heterocycles. The standard InChI is InChI=1S/C22H25N3O2S/c1-15-2-7-19-20(12-15)28-22(24-19)17-3-5-18(6-4-17)23-21(27)13-25-10-8-16(14-26)9-11-25/h2-7,12,16,26H,8-11,13-14H2,1H3,(H,23,27). The normalized spacial score (nSPS) is 15.8. The Morgan fingerprint density at radius 2 is 1.96 bits per heavy atom. The second-order valence-electron chi connectivity index (χ2n) is 7.52. The van der Waals surface area contributed by atoms with Crippen molar-refractivity contribution in [2.24, 2.45) is 5.92 Å². The highest BCUT2D eigenvalue weighted by molar-refractivity contribution is 7.21. The molecule has 1 fully saturated rings. The first-order chi connectivity index (χ1) is 13.6. The van der Waals surface area contributed by atoms with E-state index in [1.807, 2.05) is 24.3 Å². The molecule has 0 spiro atoms. The predicted octanol–water partition coefficient (Wildman–Crippen LogP) is 3.91. The van der Waals surface area contributed by atoms with Crippen LogP contribution in [-0.2, 0) is 4.79 Å². The predicted molar refractivity (Wildman–Crippen MR) is 115 cm³/mol. The molecule has 1 aliphatic rings. The number of aromatic nitrogens is 1. The van der Waals surface area contributed by atoms with Gasteiger partial charge in [0, 0.05) is 17.9 Å². The molecule has 5 nitrogen and oxygen atoms in total. The number of rotatable bonds is 5. The average molecular weight is 396 g/mol. The van der Waals surface area contributed by atoms with Gasteiger partial charge in [0.05, 0.1) is 16.8 Å². The van der Waals surface area contributed by atoms with Gasteiger partial charge in [-0.25, -0.2) is 4.98 Å². The van der Waals surface area contributed by atoms with E-state index in [1.165, 1.54) is 10.3 Å². The van der Waals surface area contributed by atoms with Crippen LogP contribution >= 0.6 is 11.3 Å². The Hall–Kier alpha value is -2.28. The number of piperidine rings is 1. The summed E-state index contributed by atoms with van der Waals surface area (Å²) < 4.78 is 1.19. The van der Waals surface area contributed by atoms with E-state index in [0.717, 1.165) is 47.7 Å². The summed E-state index contributed by atoms with van der Waals surface area (Å²) in [6, 6.07) is 14.2. The summed E-state index contributed by atoms with van der Waals surface area (Å²) in [6.07, 6.45) is 1.92. The maximum atomic E-state index is 12.3. The fraction of sp³-hybridized carbons (Fsp3) is 0.364. The van der Waals surface area contributed by atoms with Crippen molar-refractivity contribution in [3.8, 4) is 10.6 Å². The fourth-order valence-corrected chi connectivity index (χ4v) is 4.65. The van der Waals surface area contributed by atoms with Gasteiger partial charge in [0.1, 0.15) is 5.01 Å². The van der Waals surface area contributed by atoms with E-state index in [0.29, 0.717) is 12.5 Å². The summed E-state index contributed by atoms with van der Waals surface area (Å²) in [5.41, 5.74) is 4.12. The topological polar surface area (TPSA) is 65.5 Å². The number of aryl methyl sites for hydroxylation is 1. The van der Waals surface area contributed by atoms with Crippen molar-refractivity contribution >= 4 is 33.1 Å². The van der Waals surface area contributed by atoms with Crippen LogP contribution in [0.25, 0.3) is 20.8 Å². The van der Waals surface area contributed by atoms with Gasteiger partial charge in [0.2, 0.25) is 5.91 Å². The SMILES string of the molecule is Cc1ccc2nc(-c3ccc(NC(=O)CN4CCC(CO)CC4)cc3)sc2c1. The number of benzene rings is 2. The zero-order valence-electron chi connectivity index (χ0n) is 16.0. The van der Waals surface area contributed by atoms with Gasteiger partial charge in [-0.05, 0) is 80.7 Å². The number of fused-ring (bicyclic) bond motifs is 1. The van der Waals surface area contributed by atoms with Crippen molar-refractivity contribution in [2.45, 2.75) is 19.8 Å². The van der Waals surface area contributed by atoms with E-state index in [1.54, 1.807) is 11.3 Å². The quantitative estimate of drug-likeness (QED) is 0.687. The first kappa shape index (κ1) is 19.1. The molecule has 0 radical (unpaired) electrons. The first-order valence-corrected chi connectivity index (χ1v) is 10.5. The molecule has 146 valence electrons. The zero-order chi connectivity index (χ0) is 19.5. The highest BCUT2D eigenvalue weighted by atomic mass is 32.1. The molecule has 28 heavy (non-hydrogen) atoms. The Morgan fingerprint density at radius 1 is 1.21 bits per heavy atom. The van der Waals surface area contributed by atoms with E-state index in [2.05, 4.69) is 35.3 Å². The molecule has 0 unspecified atom stereocenters. The van der Waals surface area contributed by atoms with Crippen molar-refractivity contribution in [1.82, 2.24) is 9.88 Å². The lowest BCUT2D eigenvalue weighted by atomic mass is 9.98. The highest BCUT2D eigenvalue weighted by Gasteiger charge is 2.20. The lowest BCUT2D eigenvalue weighted by Crippen LogP contribution is -2.39. The van der Waals surface area contributed by atoms with Crippen LogP contribution in [-0.4, -0.2) is 47.1 Å². The summed E-state index contributed by atoms with van der Waals surface area (Å²) in [5.74, 6) is 0.393. The van der Waals surface area contributed by atoms with Crippen LogP contribution in [0.1, 0.15) is 18.4 Å². The minimum atomic E-state index is 0.00524. The summed E-state index contributed by atoms with van der Waals surface area (Å²) >= 11 is 1.69. The molecule has 6 heteroatoms. The molecule has 2 heterocycles. The molecule has 2 N–H and O–H groups in total. The Kier molecular flexibility index (Phi) is 5.71. The molecule has 4 rings (SSSR count). The molecular weight excluding hydrogens is 370 g/mol. The lowest BCUT2D eigenvalue weighted by Gasteiger charge is -2.30. The number of nitrogens with zero attached hydrogens (tertiary/aromatic N) is 2. The van der Waals surface area contributed by atoms with Gasteiger partial charge in [-0.15, -0.1) is 11.3 Å². The molecule has 3 aromatic rings. The number of anilines is 1. The zero-order valence-corrected chi connectivity index (χ0v) is 16.8. The minimum absolute atomic E-state index is 0.00524. The molecule has 1 amide bonds. The molecule has 0 aliphatic carbocycles. The average Bonchev–Trinajstić information content (AvgIpc) is 3.12. The van der Waals surface area contributed by atoms with E-state index in [4.69, 9.17) is 4.98 Å². The van der Waals surface area contributed by atoms with E-state index < -0.39 is 0 Å².